The van der Waals surface area contributed by atoms with Crippen molar-refractivity contribution in [3.05, 3.63) is 106 Å². The van der Waals surface area contributed by atoms with Crippen LogP contribution in [0.4, 0.5) is 5.69 Å². The van der Waals surface area contributed by atoms with Gasteiger partial charge in [-0.1, -0.05) is 53.2 Å². The van der Waals surface area contributed by atoms with Crippen LogP contribution in [-0.4, -0.2) is 23.4 Å². The zero-order valence-electron chi connectivity index (χ0n) is 18.9. The Labute approximate surface area is 210 Å². The topological polar surface area (TPSA) is 80.0 Å². The lowest BCUT2D eigenvalue weighted by Crippen LogP contribution is -2.31. The van der Waals surface area contributed by atoms with Crippen LogP contribution in [0, 0.1) is 0 Å². The van der Waals surface area contributed by atoms with Gasteiger partial charge >= 0.3 is 0 Å². The van der Waals surface area contributed by atoms with E-state index in [-0.39, 0.29) is 11.3 Å². The van der Waals surface area contributed by atoms with Crippen LogP contribution < -0.4 is 9.64 Å². The highest BCUT2D eigenvalue weighted by Crippen LogP contribution is 2.42. The number of hydrogen-bond donors (Lipinski definition) is 1. The number of para-hydroxylation sites is 1. The molecule has 7 heteroatoms. The van der Waals surface area contributed by atoms with Crippen LogP contribution in [-0.2, 0) is 4.79 Å². The Kier molecular flexibility index (Phi) is 6.17. The van der Waals surface area contributed by atoms with E-state index >= 15 is 0 Å². The van der Waals surface area contributed by atoms with Gasteiger partial charge in [-0.25, -0.2) is 0 Å². The van der Waals surface area contributed by atoms with E-state index < -0.39 is 23.5 Å². The number of carbonyl (C=O) groups excluding carboxylic acids is 2. The van der Waals surface area contributed by atoms with Crippen LogP contribution in [0.25, 0.3) is 11.0 Å². The van der Waals surface area contributed by atoms with Crippen molar-refractivity contribution in [2.24, 2.45) is 0 Å². The SMILES string of the molecule is CCCOc1ccc(C2C(C(=O)c3cc4cc(Br)ccc4o3)=C(O)C(=O)N2c2ccccc2)cc1. The summed E-state index contributed by atoms with van der Waals surface area (Å²) in [7, 11) is 0. The van der Waals surface area contributed by atoms with Crippen LogP contribution in [0.15, 0.2) is 99.1 Å². The standard InChI is InChI=1S/C28H22BrNO5/c1-2-14-34-21-11-8-17(9-12-21)25-24(27(32)28(33)30(25)20-6-4-3-5-7-20)26(31)23-16-18-15-19(29)10-13-22(18)35-23/h3-13,15-16,25,32H,2,14H2,1H3. The van der Waals surface area contributed by atoms with Crippen LogP contribution in [0.3, 0.4) is 0 Å². The summed E-state index contributed by atoms with van der Waals surface area (Å²) in [5.74, 6) is -1.03. The predicted octanol–water partition coefficient (Wildman–Crippen LogP) is 6.77. The van der Waals surface area contributed by atoms with Crippen molar-refractivity contribution in [2.45, 2.75) is 19.4 Å². The molecule has 2 heterocycles. The molecule has 6 nitrogen and oxygen atoms in total. The third kappa shape index (κ3) is 4.23. The summed E-state index contributed by atoms with van der Waals surface area (Å²) in [5.41, 5.74) is 1.74. The van der Waals surface area contributed by atoms with Gasteiger partial charge < -0.3 is 14.3 Å². The third-order valence-corrected chi connectivity index (χ3v) is 6.35. The van der Waals surface area contributed by atoms with Gasteiger partial charge in [-0.05, 0) is 60.5 Å². The van der Waals surface area contributed by atoms with Gasteiger partial charge in [0.15, 0.2) is 11.5 Å². The maximum atomic E-state index is 13.7. The molecule has 0 radical (unpaired) electrons. The van der Waals surface area contributed by atoms with E-state index in [1.54, 1.807) is 60.7 Å². The smallest absolute Gasteiger partial charge is 0.294 e. The van der Waals surface area contributed by atoms with Crippen LogP contribution >= 0.6 is 15.9 Å². The molecule has 3 aromatic carbocycles. The molecule has 0 aliphatic carbocycles. The number of anilines is 1. The predicted molar refractivity (Wildman–Crippen MR) is 137 cm³/mol. The fraction of sp³-hybridized carbons (Fsp3) is 0.143. The van der Waals surface area contributed by atoms with E-state index in [0.717, 1.165) is 16.3 Å². The average molecular weight is 532 g/mol. The number of aliphatic hydroxyl groups is 1. The highest BCUT2D eigenvalue weighted by molar-refractivity contribution is 9.10. The van der Waals surface area contributed by atoms with Crippen molar-refractivity contribution < 1.29 is 23.8 Å². The monoisotopic (exact) mass is 531 g/mol. The fourth-order valence-corrected chi connectivity index (χ4v) is 4.61. The number of carbonyl (C=O) groups is 2. The van der Waals surface area contributed by atoms with Gasteiger partial charge in [0.05, 0.1) is 18.2 Å². The van der Waals surface area contributed by atoms with Crippen molar-refractivity contribution in [2.75, 3.05) is 11.5 Å². The molecule has 1 aliphatic heterocycles. The molecule has 0 saturated carbocycles. The Morgan fingerprint density at radius 3 is 2.51 bits per heavy atom. The Hall–Kier alpha value is -3.84. The molecule has 0 spiro atoms. The number of fused-ring (bicyclic) bond motifs is 1. The fourth-order valence-electron chi connectivity index (χ4n) is 4.23. The molecule has 1 N–H and O–H groups in total. The number of hydrogen-bond acceptors (Lipinski definition) is 5. The molecule has 1 unspecified atom stereocenters. The second kappa shape index (κ2) is 9.43. The highest BCUT2D eigenvalue weighted by Gasteiger charge is 2.45. The summed E-state index contributed by atoms with van der Waals surface area (Å²) in [6, 6.07) is 22.4. The molecule has 4 aromatic rings. The Balaban J connectivity index is 1.60. The number of aliphatic hydroxyl groups excluding tert-OH is 1. The molecular formula is C28H22BrNO5. The van der Waals surface area contributed by atoms with Crippen LogP contribution in [0.5, 0.6) is 5.75 Å². The quantitative estimate of drug-likeness (QED) is 0.266. The van der Waals surface area contributed by atoms with Gasteiger partial charge in [0.1, 0.15) is 11.3 Å². The summed E-state index contributed by atoms with van der Waals surface area (Å²) in [6.45, 7) is 2.61. The molecular weight excluding hydrogens is 510 g/mol. The lowest BCUT2D eigenvalue weighted by Gasteiger charge is -2.26. The van der Waals surface area contributed by atoms with E-state index in [9.17, 15) is 14.7 Å². The number of ketones is 1. The number of nitrogens with zero attached hydrogens (tertiary/aromatic N) is 1. The van der Waals surface area contributed by atoms with Gasteiger partial charge in [-0.15, -0.1) is 0 Å². The number of halogens is 1. The van der Waals surface area contributed by atoms with Gasteiger partial charge in [0.25, 0.3) is 5.91 Å². The Morgan fingerprint density at radius 1 is 1.06 bits per heavy atom. The molecule has 0 saturated heterocycles. The molecule has 5 rings (SSSR count). The van der Waals surface area contributed by atoms with Crippen molar-refractivity contribution in [1.82, 2.24) is 0 Å². The number of amides is 1. The lowest BCUT2D eigenvalue weighted by molar-refractivity contribution is -0.117. The molecule has 0 fully saturated rings. The van der Waals surface area contributed by atoms with E-state index in [0.29, 0.717) is 29.2 Å². The summed E-state index contributed by atoms with van der Waals surface area (Å²) in [4.78, 5) is 28.4. The minimum absolute atomic E-state index is 0.0285. The first-order valence-corrected chi connectivity index (χ1v) is 12.1. The number of rotatable bonds is 7. The first-order chi connectivity index (χ1) is 17.0. The van der Waals surface area contributed by atoms with Gasteiger partial charge in [-0.2, -0.15) is 0 Å². The minimum atomic E-state index is -0.836. The molecule has 35 heavy (non-hydrogen) atoms. The molecule has 1 aromatic heterocycles. The van der Waals surface area contributed by atoms with Crippen molar-refractivity contribution in [1.29, 1.82) is 0 Å². The number of furan rings is 1. The molecule has 0 bridgehead atoms. The zero-order chi connectivity index (χ0) is 24.5. The maximum absolute atomic E-state index is 13.7. The summed E-state index contributed by atoms with van der Waals surface area (Å²) >= 11 is 3.42. The minimum Gasteiger partial charge on any atom is -0.503 e. The second-order valence-corrected chi connectivity index (χ2v) is 9.13. The van der Waals surface area contributed by atoms with E-state index in [1.807, 2.05) is 25.1 Å². The normalized spacial score (nSPS) is 15.8. The first kappa shape index (κ1) is 22.9. The largest absolute Gasteiger partial charge is 0.503 e. The third-order valence-electron chi connectivity index (χ3n) is 5.86. The van der Waals surface area contributed by atoms with E-state index in [1.165, 1.54) is 4.90 Å². The van der Waals surface area contributed by atoms with E-state index in [4.69, 9.17) is 9.15 Å². The zero-order valence-corrected chi connectivity index (χ0v) is 20.5. The maximum Gasteiger partial charge on any atom is 0.294 e. The average Bonchev–Trinajstić information content (AvgIpc) is 3.41. The number of ether oxygens (including phenoxy) is 1. The van der Waals surface area contributed by atoms with Crippen LogP contribution in [0.1, 0.15) is 35.5 Å². The summed E-state index contributed by atoms with van der Waals surface area (Å²) in [6.07, 6.45) is 0.879. The van der Waals surface area contributed by atoms with E-state index in [2.05, 4.69) is 15.9 Å². The van der Waals surface area contributed by atoms with Gasteiger partial charge in [0.2, 0.25) is 5.78 Å². The number of benzene rings is 3. The first-order valence-electron chi connectivity index (χ1n) is 11.3. The molecule has 1 amide bonds. The molecule has 1 aliphatic rings. The summed E-state index contributed by atoms with van der Waals surface area (Å²) < 4.78 is 12.3. The Bertz CT molecular complexity index is 1440. The number of Topliss-reactive ketones (excluding diaryl/α,β-unsaturated/α-hetero) is 1. The van der Waals surface area contributed by atoms with Crippen molar-refractivity contribution >= 4 is 44.3 Å². The molecule has 1 atom stereocenters. The molecule has 176 valence electrons. The van der Waals surface area contributed by atoms with Crippen molar-refractivity contribution in [3.8, 4) is 5.75 Å². The second-order valence-electron chi connectivity index (χ2n) is 8.21. The van der Waals surface area contributed by atoms with Crippen molar-refractivity contribution in [3.63, 3.8) is 0 Å². The Morgan fingerprint density at radius 2 is 1.80 bits per heavy atom. The highest BCUT2D eigenvalue weighted by atomic mass is 79.9. The lowest BCUT2D eigenvalue weighted by atomic mass is 9.94. The van der Waals surface area contributed by atoms with Gasteiger partial charge in [-0.3, -0.25) is 14.5 Å². The van der Waals surface area contributed by atoms with Gasteiger partial charge in [0, 0.05) is 15.5 Å². The summed E-state index contributed by atoms with van der Waals surface area (Å²) in [5, 5.41) is 11.7. The van der Waals surface area contributed by atoms with Crippen LogP contribution in [0.2, 0.25) is 0 Å².